The minimum absolute atomic E-state index is 0.0384. The molecule has 0 radical (unpaired) electrons. The van der Waals surface area contributed by atoms with Gasteiger partial charge >= 0.3 is 0 Å². The summed E-state index contributed by atoms with van der Waals surface area (Å²) in [7, 11) is 0. The molecule has 0 spiro atoms. The van der Waals surface area contributed by atoms with Crippen molar-refractivity contribution in [1.82, 2.24) is 5.01 Å². The number of nitrogens with zero attached hydrogens (tertiary/aromatic N) is 2. The number of benzene rings is 1. The predicted octanol–water partition coefficient (Wildman–Crippen LogP) is 2.76. The minimum atomic E-state index is -3.48. The van der Waals surface area contributed by atoms with E-state index in [2.05, 4.69) is 5.29 Å². The van der Waals surface area contributed by atoms with Gasteiger partial charge in [-0.25, -0.2) is 0 Å². The summed E-state index contributed by atoms with van der Waals surface area (Å²) in [5.74, 6) is -0.0384. The number of hydrogen-bond acceptors (Lipinski definition) is 6. The number of aliphatic hydroxyl groups is 1. The standard InChI is InChI=1S/C18H30N2O5/c1-14(2)20(19-22)11-17(21)13-25-18-7-5-16(6-8-18)12-23-9-10-24-15(3)4/h5-8,14-15,17,21H,9-13H2,1-4H3/i11D2,13D2,17D. The highest BCUT2D eigenvalue weighted by molar-refractivity contribution is 5.26. The highest BCUT2D eigenvalue weighted by Crippen LogP contribution is 2.13. The van der Waals surface area contributed by atoms with Gasteiger partial charge in [0.05, 0.1) is 44.6 Å². The first-order valence-electron chi connectivity index (χ1n) is 10.6. The molecule has 0 bridgehead atoms. The second-order valence-corrected chi connectivity index (χ2v) is 5.80. The van der Waals surface area contributed by atoms with E-state index in [1.54, 1.807) is 12.1 Å². The minimum Gasteiger partial charge on any atom is -0.491 e. The third kappa shape index (κ3) is 9.38. The Kier molecular flexibility index (Phi) is 6.82. The maximum absolute atomic E-state index is 11.0. The molecule has 0 aliphatic rings. The Morgan fingerprint density at radius 3 is 2.48 bits per heavy atom. The summed E-state index contributed by atoms with van der Waals surface area (Å²) < 4.78 is 55.5. The van der Waals surface area contributed by atoms with Crippen LogP contribution in [0.25, 0.3) is 0 Å². The predicted molar refractivity (Wildman–Crippen MR) is 96.3 cm³/mol. The van der Waals surface area contributed by atoms with Crippen molar-refractivity contribution >= 4 is 0 Å². The molecule has 1 N–H and O–H groups in total. The second-order valence-electron chi connectivity index (χ2n) is 5.80. The Morgan fingerprint density at radius 2 is 1.92 bits per heavy atom. The molecular weight excluding hydrogens is 324 g/mol. The van der Waals surface area contributed by atoms with E-state index in [4.69, 9.17) is 21.1 Å². The first-order chi connectivity index (χ1) is 13.8. The lowest BCUT2D eigenvalue weighted by Gasteiger charge is -2.22. The largest absolute Gasteiger partial charge is 0.491 e. The summed E-state index contributed by atoms with van der Waals surface area (Å²) in [6.07, 6.45) is -3.35. The molecule has 1 rings (SSSR count). The molecule has 1 aromatic carbocycles. The molecule has 0 aliphatic carbocycles. The van der Waals surface area contributed by atoms with Crippen LogP contribution in [0.3, 0.4) is 0 Å². The fraction of sp³-hybridized carbons (Fsp3) is 0.667. The van der Waals surface area contributed by atoms with Crippen LogP contribution in [0.5, 0.6) is 5.75 Å². The summed E-state index contributed by atoms with van der Waals surface area (Å²) in [4.78, 5) is 11.0. The van der Waals surface area contributed by atoms with Gasteiger partial charge in [0.1, 0.15) is 18.4 Å². The molecule has 0 fully saturated rings. The lowest BCUT2D eigenvalue weighted by Crippen LogP contribution is -2.36. The van der Waals surface area contributed by atoms with Crippen molar-refractivity contribution in [2.24, 2.45) is 5.29 Å². The van der Waals surface area contributed by atoms with Gasteiger partial charge < -0.3 is 19.3 Å². The van der Waals surface area contributed by atoms with Gasteiger partial charge in [-0.1, -0.05) is 12.1 Å². The smallest absolute Gasteiger partial charge is 0.119 e. The van der Waals surface area contributed by atoms with E-state index in [1.165, 1.54) is 26.0 Å². The average molecular weight is 359 g/mol. The Balaban J connectivity index is 2.81. The first kappa shape index (κ1) is 14.5. The van der Waals surface area contributed by atoms with Crippen molar-refractivity contribution in [3.63, 3.8) is 0 Å². The number of nitroso groups, excluding NO2 is 1. The zero-order valence-corrected chi connectivity index (χ0v) is 15.1. The molecule has 0 saturated carbocycles. The van der Waals surface area contributed by atoms with E-state index in [9.17, 15) is 10.0 Å². The van der Waals surface area contributed by atoms with Gasteiger partial charge in [-0.05, 0) is 45.4 Å². The van der Waals surface area contributed by atoms with E-state index in [1.807, 2.05) is 13.8 Å². The van der Waals surface area contributed by atoms with Crippen molar-refractivity contribution in [1.29, 1.82) is 0 Å². The maximum atomic E-state index is 11.0. The maximum Gasteiger partial charge on any atom is 0.119 e. The van der Waals surface area contributed by atoms with E-state index < -0.39 is 25.2 Å². The zero-order valence-electron chi connectivity index (χ0n) is 20.1. The fourth-order valence-corrected chi connectivity index (χ4v) is 1.67. The molecule has 1 atom stereocenters. The molecule has 7 nitrogen and oxygen atoms in total. The molecule has 0 saturated heterocycles. The highest BCUT2D eigenvalue weighted by atomic mass is 16.5. The summed E-state index contributed by atoms with van der Waals surface area (Å²) >= 11 is 0. The van der Waals surface area contributed by atoms with Crippen LogP contribution in [0.4, 0.5) is 0 Å². The molecule has 0 amide bonds. The number of hydrogen-bond donors (Lipinski definition) is 1. The highest BCUT2D eigenvalue weighted by Gasteiger charge is 2.14. The lowest BCUT2D eigenvalue weighted by molar-refractivity contribution is 0.0143. The SMILES string of the molecule is [2H]C([2H])(Oc1ccc(COCCOC(C)C)cc1)C([2H])(O)C([2H])([2H])N(N=O)C(C)C. The molecule has 1 unspecified atom stereocenters. The quantitative estimate of drug-likeness (QED) is 0.331. The Morgan fingerprint density at radius 1 is 1.24 bits per heavy atom. The zero-order chi connectivity index (χ0) is 23.2. The third-order valence-corrected chi connectivity index (χ3v) is 2.93. The van der Waals surface area contributed by atoms with E-state index in [-0.39, 0.29) is 16.9 Å². The van der Waals surface area contributed by atoms with Crippen molar-refractivity contribution in [2.45, 2.75) is 52.5 Å². The van der Waals surface area contributed by atoms with Crippen LogP contribution in [-0.2, 0) is 16.1 Å². The number of ether oxygens (including phenoxy) is 3. The summed E-state index contributed by atoms with van der Waals surface area (Å²) in [6, 6.07) is 5.21. The van der Waals surface area contributed by atoms with Crippen LogP contribution in [0.1, 0.15) is 40.1 Å². The van der Waals surface area contributed by atoms with Crippen LogP contribution in [0.15, 0.2) is 29.6 Å². The van der Waals surface area contributed by atoms with Gasteiger partial charge in [0.2, 0.25) is 0 Å². The molecular formula is C18H30N2O5. The molecule has 0 heterocycles. The van der Waals surface area contributed by atoms with E-state index in [0.717, 1.165) is 5.56 Å². The van der Waals surface area contributed by atoms with Crippen LogP contribution in [-0.4, -0.2) is 54.6 Å². The number of rotatable bonds is 13. The topological polar surface area (TPSA) is 80.6 Å². The lowest BCUT2D eigenvalue weighted by atomic mass is 10.2. The Hall–Kier alpha value is -1.70. The van der Waals surface area contributed by atoms with Gasteiger partial charge in [0.15, 0.2) is 0 Å². The fourth-order valence-electron chi connectivity index (χ4n) is 1.67. The van der Waals surface area contributed by atoms with Crippen molar-refractivity contribution in [2.75, 3.05) is 26.3 Å². The summed E-state index contributed by atoms with van der Waals surface area (Å²) in [5, 5.41) is 13.1. The van der Waals surface area contributed by atoms with Gasteiger partial charge in [-0.15, -0.1) is 4.91 Å². The van der Waals surface area contributed by atoms with Gasteiger partial charge in [0.25, 0.3) is 0 Å². The van der Waals surface area contributed by atoms with E-state index in [0.29, 0.717) is 19.8 Å². The molecule has 142 valence electrons. The monoisotopic (exact) mass is 359 g/mol. The van der Waals surface area contributed by atoms with Gasteiger partial charge in [0, 0.05) is 6.04 Å². The van der Waals surface area contributed by atoms with Gasteiger partial charge in [-0.2, -0.15) is 0 Å². The molecule has 25 heavy (non-hydrogen) atoms. The normalized spacial score (nSPS) is 17.8. The Labute approximate surface area is 156 Å². The second kappa shape index (κ2) is 11.8. The Bertz CT molecular complexity index is 671. The van der Waals surface area contributed by atoms with Crippen molar-refractivity contribution < 1.29 is 26.2 Å². The van der Waals surface area contributed by atoms with Crippen molar-refractivity contribution in [3.8, 4) is 5.75 Å². The van der Waals surface area contributed by atoms with Crippen LogP contribution >= 0.6 is 0 Å². The first-order valence-corrected chi connectivity index (χ1v) is 8.08. The van der Waals surface area contributed by atoms with Gasteiger partial charge in [-0.3, -0.25) is 5.01 Å². The van der Waals surface area contributed by atoms with Crippen LogP contribution in [0, 0.1) is 4.91 Å². The summed E-state index contributed by atoms with van der Waals surface area (Å²) in [5.41, 5.74) is 0.778. The average Bonchev–Trinajstić information content (AvgIpc) is 2.62. The third-order valence-electron chi connectivity index (χ3n) is 2.93. The molecule has 0 aliphatic heterocycles. The van der Waals surface area contributed by atoms with Crippen LogP contribution in [0.2, 0.25) is 0 Å². The molecule has 7 heteroatoms. The summed E-state index contributed by atoms with van der Waals surface area (Å²) in [6.45, 7) is 1.49. The molecule has 0 aromatic heterocycles. The van der Waals surface area contributed by atoms with Crippen LogP contribution < -0.4 is 4.74 Å². The van der Waals surface area contributed by atoms with Crippen molar-refractivity contribution in [3.05, 3.63) is 34.7 Å². The van der Waals surface area contributed by atoms with E-state index >= 15 is 0 Å². The molecule has 1 aromatic rings.